The smallest absolute Gasteiger partial charge is 0.236 e. The normalized spacial score (nSPS) is 23.2. The molecule has 2 heterocycles. The second-order valence-electron chi connectivity index (χ2n) is 8.64. The number of piperidine rings is 1. The van der Waals surface area contributed by atoms with Crippen molar-refractivity contribution in [2.24, 2.45) is 0 Å². The highest BCUT2D eigenvalue weighted by Gasteiger charge is 2.43. The summed E-state index contributed by atoms with van der Waals surface area (Å²) in [5.74, 6) is 0.953. The van der Waals surface area contributed by atoms with E-state index in [-0.39, 0.29) is 5.91 Å². The molecule has 5 nitrogen and oxygen atoms in total. The minimum absolute atomic E-state index is 0.125. The van der Waals surface area contributed by atoms with Gasteiger partial charge in [-0.25, -0.2) is 0 Å². The van der Waals surface area contributed by atoms with Crippen LogP contribution >= 0.6 is 0 Å². The van der Waals surface area contributed by atoms with E-state index < -0.39 is 5.41 Å². The zero-order valence-corrected chi connectivity index (χ0v) is 17.8. The van der Waals surface area contributed by atoms with Gasteiger partial charge in [0.15, 0.2) is 0 Å². The summed E-state index contributed by atoms with van der Waals surface area (Å²) in [6, 6.07) is 15.4. The molecule has 4 rings (SSSR count). The van der Waals surface area contributed by atoms with Gasteiger partial charge in [0.05, 0.1) is 18.2 Å². The zero-order chi connectivity index (χ0) is 20.6. The average Bonchev–Trinajstić information content (AvgIpc) is 2.92. The Labute approximate surface area is 173 Å². The van der Waals surface area contributed by atoms with E-state index in [4.69, 9.17) is 4.74 Å². The van der Waals surface area contributed by atoms with E-state index in [0.29, 0.717) is 18.6 Å². The van der Waals surface area contributed by atoms with Crippen molar-refractivity contribution < 1.29 is 9.53 Å². The SMILES string of the molecule is COc1cc2c(cc1CNC1CCCN[C@H]1c1ccccc1)C(C)(C)C(=O)N2C. The van der Waals surface area contributed by atoms with Crippen LogP contribution in [0.4, 0.5) is 5.69 Å². The number of likely N-dealkylation sites (N-methyl/N-ethyl adjacent to an activating group) is 1. The number of amides is 1. The highest BCUT2D eigenvalue weighted by atomic mass is 16.5. The number of carbonyl (C=O) groups excluding carboxylic acids is 1. The molecule has 2 aliphatic rings. The molecule has 154 valence electrons. The third-order valence-corrected chi connectivity index (χ3v) is 6.44. The predicted molar refractivity (Wildman–Crippen MR) is 116 cm³/mol. The highest BCUT2D eigenvalue weighted by Crippen LogP contribution is 2.44. The van der Waals surface area contributed by atoms with Crippen LogP contribution in [-0.2, 0) is 16.8 Å². The number of anilines is 1. The quantitative estimate of drug-likeness (QED) is 0.816. The Morgan fingerprint density at radius 1 is 1.24 bits per heavy atom. The number of rotatable bonds is 5. The minimum atomic E-state index is -0.510. The van der Waals surface area contributed by atoms with Crippen LogP contribution in [0.5, 0.6) is 5.75 Å². The number of ether oxygens (including phenoxy) is 1. The van der Waals surface area contributed by atoms with Gasteiger partial charge in [-0.15, -0.1) is 0 Å². The average molecular weight is 394 g/mol. The Bertz CT molecular complexity index is 894. The van der Waals surface area contributed by atoms with Crippen LogP contribution in [0.25, 0.3) is 0 Å². The molecule has 1 amide bonds. The first-order valence-electron chi connectivity index (χ1n) is 10.4. The van der Waals surface area contributed by atoms with E-state index in [1.807, 2.05) is 27.0 Å². The van der Waals surface area contributed by atoms with Crippen LogP contribution in [0, 0.1) is 0 Å². The highest BCUT2D eigenvalue weighted by molar-refractivity contribution is 6.07. The van der Waals surface area contributed by atoms with Crippen molar-refractivity contribution in [3.63, 3.8) is 0 Å². The predicted octanol–water partition coefficient (Wildman–Crippen LogP) is 3.53. The van der Waals surface area contributed by atoms with Crippen LogP contribution in [0.1, 0.15) is 49.4 Å². The second-order valence-corrected chi connectivity index (χ2v) is 8.64. The van der Waals surface area contributed by atoms with Gasteiger partial charge in [0.25, 0.3) is 0 Å². The van der Waals surface area contributed by atoms with E-state index >= 15 is 0 Å². The summed E-state index contributed by atoms with van der Waals surface area (Å²) in [6.07, 6.45) is 2.29. The topological polar surface area (TPSA) is 53.6 Å². The van der Waals surface area contributed by atoms with Crippen molar-refractivity contribution in [1.29, 1.82) is 0 Å². The van der Waals surface area contributed by atoms with E-state index in [1.165, 1.54) is 5.56 Å². The molecule has 2 aromatic carbocycles. The molecule has 1 fully saturated rings. The molecule has 1 unspecified atom stereocenters. The van der Waals surface area contributed by atoms with Gasteiger partial charge in [0.1, 0.15) is 5.75 Å². The second kappa shape index (κ2) is 7.81. The molecular formula is C24H31N3O2. The summed E-state index contributed by atoms with van der Waals surface area (Å²) >= 11 is 0. The van der Waals surface area contributed by atoms with E-state index in [0.717, 1.165) is 42.0 Å². The molecule has 5 heteroatoms. The van der Waals surface area contributed by atoms with Crippen molar-refractivity contribution in [3.05, 3.63) is 59.2 Å². The Balaban J connectivity index is 1.58. The molecule has 2 atom stereocenters. The van der Waals surface area contributed by atoms with Crippen LogP contribution in [0.2, 0.25) is 0 Å². The number of nitrogens with zero attached hydrogens (tertiary/aromatic N) is 1. The molecule has 2 aliphatic heterocycles. The van der Waals surface area contributed by atoms with Gasteiger partial charge >= 0.3 is 0 Å². The fraction of sp³-hybridized carbons (Fsp3) is 0.458. The molecule has 29 heavy (non-hydrogen) atoms. The molecule has 2 aromatic rings. The monoisotopic (exact) mass is 393 g/mol. The van der Waals surface area contributed by atoms with Crippen LogP contribution < -0.4 is 20.3 Å². The lowest BCUT2D eigenvalue weighted by molar-refractivity contribution is -0.121. The van der Waals surface area contributed by atoms with Gasteiger partial charge in [-0.3, -0.25) is 4.79 Å². The Morgan fingerprint density at radius 2 is 2.00 bits per heavy atom. The summed E-state index contributed by atoms with van der Waals surface area (Å²) in [6.45, 7) is 5.75. The Morgan fingerprint density at radius 3 is 2.72 bits per heavy atom. The number of nitrogens with one attached hydrogen (secondary N) is 2. The summed E-state index contributed by atoms with van der Waals surface area (Å²) in [7, 11) is 3.54. The first-order valence-corrected chi connectivity index (χ1v) is 10.4. The molecule has 0 bridgehead atoms. The maximum Gasteiger partial charge on any atom is 0.236 e. The van der Waals surface area contributed by atoms with Gasteiger partial charge in [0.2, 0.25) is 5.91 Å². The first kappa shape index (κ1) is 19.9. The van der Waals surface area contributed by atoms with Crippen molar-refractivity contribution in [3.8, 4) is 5.75 Å². The third kappa shape index (κ3) is 3.53. The van der Waals surface area contributed by atoms with Gasteiger partial charge in [-0.1, -0.05) is 30.3 Å². The maximum absolute atomic E-state index is 12.7. The maximum atomic E-state index is 12.7. The number of hydrogen-bond donors (Lipinski definition) is 2. The Kier molecular flexibility index (Phi) is 5.36. The fourth-order valence-corrected chi connectivity index (χ4v) is 4.72. The fourth-order valence-electron chi connectivity index (χ4n) is 4.72. The van der Waals surface area contributed by atoms with Crippen molar-refractivity contribution >= 4 is 11.6 Å². The van der Waals surface area contributed by atoms with Crippen molar-refractivity contribution in [2.45, 2.75) is 50.7 Å². The third-order valence-electron chi connectivity index (χ3n) is 6.44. The van der Waals surface area contributed by atoms with Gasteiger partial charge in [0, 0.05) is 37.3 Å². The molecule has 0 radical (unpaired) electrons. The lowest BCUT2D eigenvalue weighted by Gasteiger charge is -2.34. The lowest BCUT2D eigenvalue weighted by atomic mass is 9.85. The number of hydrogen-bond acceptors (Lipinski definition) is 4. The summed E-state index contributed by atoms with van der Waals surface area (Å²) in [5.41, 5.74) is 3.93. The summed E-state index contributed by atoms with van der Waals surface area (Å²) in [5, 5.41) is 7.43. The van der Waals surface area contributed by atoms with Crippen LogP contribution in [-0.4, -0.2) is 32.7 Å². The zero-order valence-electron chi connectivity index (χ0n) is 17.8. The van der Waals surface area contributed by atoms with Crippen LogP contribution in [0.3, 0.4) is 0 Å². The first-order chi connectivity index (χ1) is 13.9. The number of carbonyl (C=O) groups is 1. The van der Waals surface area contributed by atoms with Gasteiger partial charge < -0.3 is 20.3 Å². The Hall–Kier alpha value is -2.37. The van der Waals surface area contributed by atoms with Crippen molar-refractivity contribution in [2.75, 3.05) is 25.6 Å². The number of fused-ring (bicyclic) bond motifs is 1. The standard InChI is InChI=1S/C24H31N3O2/c1-24(2)18-13-17(21(29-4)14-20(18)27(3)23(24)28)15-26-19-11-8-12-25-22(19)16-9-6-5-7-10-16/h5-7,9-10,13-14,19,22,25-26H,8,11-12,15H2,1-4H3/t19?,22-/m0/s1. The van der Waals surface area contributed by atoms with Gasteiger partial charge in [-0.05, 0) is 50.4 Å². The van der Waals surface area contributed by atoms with Gasteiger partial charge in [-0.2, -0.15) is 0 Å². The van der Waals surface area contributed by atoms with E-state index in [2.05, 4.69) is 47.0 Å². The molecule has 2 N–H and O–H groups in total. The molecular weight excluding hydrogens is 362 g/mol. The molecule has 0 spiro atoms. The molecule has 0 aliphatic carbocycles. The summed E-state index contributed by atoms with van der Waals surface area (Å²) in [4.78, 5) is 14.4. The minimum Gasteiger partial charge on any atom is -0.496 e. The van der Waals surface area contributed by atoms with E-state index in [9.17, 15) is 4.79 Å². The number of benzene rings is 2. The number of methoxy groups -OCH3 is 1. The van der Waals surface area contributed by atoms with Crippen molar-refractivity contribution in [1.82, 2.24) is 10.6 Å². The molecule has 0 saturated carbocycles. The lowest BCUT2D eigenvalue weighted by Crippen LogP contribution is -2.45. The van der Waals surface area contributed by atoms with E-state index in [1.54, 1.807) is 12.0 Å². The summed E-state index contributed by atoms with van der Waals surface area (Å²) < 4.78 is 5.68. The largest absolute Gasteiger partial charge is 0.496 e. The molecule has 1 saturated heterocycles. The van der Waals surface area contributed by atoms with Crippen LogP contribution in [0.15, 0.2) is 42.5 Å². The molecule has 0 aromatic heterocycles.